The lowest BCUT2D eigenvalue weighted by Crippen LogP contribution is -2.30. The summed E-state index contributed by atoms with van der Waals surface area (Å²) in [5, 5.41) is 9.09. The predicted molar refractivity (Wildman–Crippen MR) is 43.3 cm³/mol. The van der Waals surface area contributed by atoms with E-state index in [1.165, 1.54) is 0 Å². The SMILES string of the molecule is CCCCN=C(N)NC=N. The van der Waals surface area contributed by atoms with Crippen molar-refractivity contribution in [3.8, 4) is 0 Å². The molecule has 0 saturated carbocycles. The minimum absolute atomic E-state index is 0.323. The average Bonchev–Trinajstić information content (AvgIpc) is 1.89. The standard InChI is InChI=1S/C6H14N4/c1-2-3-4-9-6(8)10-5-7/h5H,2-4H2,1H3,(H4,7,8,9,10). The van der Waals surface area contributed by atoms with E-state index in [9.17, 15) is 0 Å². The fourth-order valence-corrected chi connectivity index (χ4v) is 0.477. The Morgan fingerprint density at radius 1 is 1.80 bits per heavy atom. The Kier molecular flexibility index (Phi) is 5.42. The zero-order chi connectivity index (χ0) is 7.82. The van der Waals surface area contributed by atoms with Gasteiger partial charge in [0.2, 0.25) is 0 Å². The molecule has 0 bridgehead atoms. The number of aliphatic imine (C=N–C) groups is 1. The van der Waals surface area contributed by atoms with Crippen molar-refractivity contribution in [1.29, 1.82) is 5.41 Å². The Morgan fingerprint density at radius 3 is 3.00 bits per heavy atom. The lowest BCUT2D eigenvalue weighted by Gasteiger charge is -1.96. The van der Waals surface area contributed by atoms with Gasteiger partial charge in [-0.25, -0.2) is 0 Å². The van der Waals surface area contributed by atoms with Gasteiger partial charge in [0.25, 0.3) is 0 Å². The van der Waals surface area contributed by atoms with Gasteiger partial charge < -0.3 is 11.1 Å². The molecular formula is C6H14N4. The number of hydrogen-bond donors (Lipinski definition) is 3. The maximum atomic E-state index is 6.62. The van der Waals surface area contributed by atoms with Crippen molar-refractivity contribution in [2.75, 3.05) is 6.54 Å². The molecule has 0 atom stereocenters. The summed E-state index contributed by atoms with van der Waals surface area (Å²) in [5.41, 5.74) is 5.31. The molecule has 0 fully saturated rings. The fraction of sp³-hybridized carbons (Fsp3) is 0.667. The van der Waals surface area contributed by atoms with Crippen LogP contribution in [-0.4, -0.2) is 18.8 Å². The van der Waals surface area contributed by atoms with E-state index in [0.29, 0.717) is 5.96 Å². The van der Waals surface area contributed by atoms with Crippen molar-refractivity contribution < 1.29 is 0 Å². The molecule has 0 aromatic carbocycles. The summed E-state index contributed by atoms with van der Waals surface area (Å²) >= 11 is 0. The summed E-state index contributed by atoms with van der Waals surface area (Å²) in [6.45, 7) is 2.83. The zero-order valence-electron chi connectivity index (χ0n) is 6.22. The maximum Gasteiger partial charge on any atom is 0.193 e. The van der Waals surface area contributed by atoms with E-state index in [1.54, 1.807) is 0 Å². The van der Waals surface area contributed by atoms with Crippen molar-refractivity contribution in [2.45, 2.75) is 19.8 Å². The zero-order valence-corrected chi connectivity index (χ0v) is 6.22. The predicted octanol–water partition coefficient (Wildman–Crippen LogP) is 0.298. The number of nitrogens with two attached hydrogens (primary N) is 1. The molecule has 0 radical (unpaired) electrons. The molecule has 0 amide bonds. The van der Waals surface area contributed by atoms with Gasteiger partial charge in [0.05, 0.1) is 6.34 Å². The quantitative estimate of drug-likeness (QED) is 0.300. The third kappa shape index (κ3) is 5.08. The monoisotopic (exact) mass is 142 g/mol. The molecule has 0 aliphatic carbocycles. The number of unbranched alkanes of at least 4 members (excludes halogenated alkanes) is 1. The first-order valence-electron chi connectivity index (χ1n) is 3.36. The average molecular weight is 142 g/mol. The van der Waals surface area contributed by atoms with E-state index < -0.39 is 0 Å². The van der Waals surface area contributed by atoms with E-state index in [1.807, 2.05) is 0 Å². The van der Waals surface area contributed by atoms with Crippen LogP contribution >= 0.6 is 0 Å². The summed E-state index contributed by atoms with van der Waals surface area (Å²) < 4.78 is 0. The maximum absolute atomic E-state index is 6.62. The summed E-state index contributed by atoms with van der Waals surface area (Å²) in [6, 6.07) is 0. The second-order valence-corrected chi connectivity index (χ2v) is 1.91. The minimum Gasteiger partial charge on any atom is -0.370 e. The molecule has 0 aliphatic rings. The Balaban J connectivity index is 3.37. The van der Waals surface area contributed by atoms with Gasteiger partial charge in [0.15, 0.2) is 5.96 Å². The number of guanidine groups is 1. The lowest BCUT2D eigenvalue weighted by molar-refractivity contribution is 0.804. The highest BCUT2D eigenvalue weighted by Crippen LogP contribution is 1.85. The molecule has 0 aromatic heterocycles. The van der Waals surface area contributed by atoms with Crippen molar-refractivity contribution in [1.82, 2.24) is 5.32 Å². The van der Waals surface area contributed by atoms with Gasteiger partial charge in [-0.1, -0.05) is 13.3 Å². The summed E-state index contributed by atoms with van der Waals surface area (Å²) in [7, 11) is 0. The molecule has 4 nitrogen and oxygen atoms in total. The van der Waals surface area contributed by atoms with Crippen LogP contribution in [0.25, 0.3) is 0 Å². The number of nitrogens with one attached hydrogen (secondary N) is 2. The van der Waals surface area contributed by atoms with Gasteiger partial charge >= 0.3 is 0 Å². The molecule has 4 N–H and O–H groups in total. The van der Waals surface area contributed by atoms with Gasteiger partial charge in [-0.3, -0.25) is 10.4 Å². The van der Waals surface area contributed by atoms with Crippen LogP contribution in [0.15, 0.2) is 4.99 Å². The van der Waals surface area contributed by atoms with E-state index >= 15 is 0 Å². The van der Waals surface area contributed by atoms with Crippen LogP contribution in [0.3, 0.4) is 0 Å². The minimum atomic E-state index is 0.323. The van der Waals surface area contributed by atoms with Crippen LogP contribution in [-0.2, 0) is 0 Å². The van der Waals surface area contributed by atoms with Crippen molar-refractivity contribution >= 4 is 12.3 Å². The van der Waals surface area contributed by atoms with Gasteiger partial charge in [0, 0.05) is 6.54 Å². The molecule has 10 heavy (non-hydrogen) atoms. The third-order valence-electron chi connectivity index (χ3n) is 1.01. The Morgan fingerprint density at radius 2 is 2.50 bits per heavy atom. The van der Waals surface area contributed by atoms with Gasteiger partial charge in [-0.05, 0) is 6.42 Å². The van der Waals surface area contributed by atoms with Crippen LogP contribution in [0.1, 0.15) is 19.8 Å². The van der Waals surface area contributed by atoms with Crippen molar-refractivity contribution in [3.63, 3.8) is 0 Å². The first-order valence-corrected chi connectivity index (χ1v) is 3.36. The van der Waals surface area contributed by atoms with Crippen molar-refractivity contribution in [2.24, 2.45) is 10.7 Å². The van der Waals surface area contributed by atoms with Crippen LogP contribution in [0.4, 0.5) is 0 Å². The highest BCUT2D eigenvalue weighted by molar-refractivity contribution is 5.87. The largest absolute Gasteiger partial charge is 0.370 e. The molecule has 0 aliphatic heterocycles. The second kappa shape index (κ2) is 6.07. The van der Waals surface area contributed by atoms with Crippen LogP contribution in [0.2, 0.25) is 0 Å². The highest BCUT2D eigenvalue weighted by Gasteiger charge is 1.84. The summed E-state index contributed by atoms with van der Waals surface area (Å²) in [5.74, 6) is 0.323. The third-order valence-corrected chi connectivity index (χ3v) is 1.01. The van der Waals surface area contributed by atoms with Crippen molar-refractivity contribution in [3.05, 3.63) is 0 Å². The Bertz CT molecular complexity index is 119. The number of hydrogen-bond acceptors (Lipinski definition) is 2. The number of rotatable bonds is 4. The van der Waals surface area contributed by atoms with Crippen LogP contribution in [0.5, 0.6) is 0 Å². The van der Waals surface area contributed by atoms with Crippen LogP contribution < -0.4 is 11.1 Å². The van der Waals surface area contributed by atoms with Crippen LogP contribution in [0, 0.1) is 5.41 Å². The Hall–Kier alpha value is -1.06. The van der Waals surface area contributed by atoms with E-state index in [-0.39, 0.29) is 0 Å². The summed E-state index contributed by atoms with van der Waals surface area (Å²) in [4.78, 5) is 3.94. The van der Waals surface area contributed by atoms with E-state index in [2.05, 4.69) is 17.2 Å². The molecule has 0 heterocycles. The van der Waals surface area contributed by atoms with Gasteiger partial charge in [-0.2, -0.15) is 0 Å². The molecule has 0 aromatic rings. The molecule has 0 unspecified atom stereocenters. The van der Waals surface area contributed by atoms with Gasteiger partial charge in [0.1, 0.15) is 0 Å². The molecule has 0 spiro atoms. The topological polar surface area (TPSA) is 74.3 Å². The molecule has 4 heteroatoms. The number of nitrogens with zero attached hydrogens (tertiary/aromatic N) is 1. The second-order valence-electron chi connectivity index (χ2n) is 1.91. The molecular weight excluding hydrogens is 128 g/mol. The summed E-state index contributed by atoms with van der Waals surface area (Å²) in [6.07, 6.45) is 3.17. The lowest BCUT2D eigenvalue weighted by atomic mass is 10.3. The first kappa shape index (κ1) is 8.94. The van der Waals surface area contributed by atoms with Gasteiger partial charge in [-0.15, -0.1) is 0 Å². The highest BCUT2D eigenvalue weighted by atomic mass is 15.1. The molecule has 0 rings (SSSR count). The smallest absolute Gasteiger partial charge is 0.193 e. The Labute approximate surface area is 61.0 Å². The molecule has 58 valence electrons. The fourth-order valence-electron chi connectivity index (χ4n) is 0.477. The molecule has 0 saturated heterocycles. The normalized spacial score (nSPS) is 11.1. The van der Waals surface area contributed by atoms with E-state index in [0.717, 1.165) is 25.7 Å². The first-order chi connectivity index (χ1) is 4.81. The van der Waals surface area contributed by atoms with E-state index in [4.69, 9.17) is 11.1 Å².